The molecule has 2 atom stereocenters. The summed E-state index contributed by atoms with van der Waals surface area (Å²) in [7, 11) is 0. The van der Waals surface area contributed by atoms with Crippen LogP contribution in [0.1, 0.15) is 42.9 Å². The van der Waals surface area contributed by atoms with E-state index in [1.807, 2.05) is 12.1 Å². The lowest BCUT2D eigenvalue weighted by molar-refractivity contribution is 0.281. The molecule has 1 aromatic carbocycles. The first kappa shape index (κ1) is 13.3. The molecule has 1 N–H and O–H groups in total. The Bertz CT molecular complexity index is 576. The minimum absolute atomic E-state index is 0.170. The van der Waals surface area contributed by atoms with Crippen LogP contribution >= 0.6 is 0 Å². The van der Waals surface area contributed by atoms with Gasteiger partial charge < -0.3 is 14.5 Å². The van der Waals surface area contributed by atoms with Crippen LogP contribution in [0, 0.1) is 0 Å². The normalized spacial score (nSPS) is 18.6. The first-order valence-electron chi connectivity index (χ1n) is 7.37. The van der Waals surface area contributed by atoms with Crippen molar-refractivity contribution in [1.82, 2.24) is 5.32 Å². The fraction of sp³-hybridized carbons (Fsp3) is 0.412. The predicted molar refractivity (Wildman–Crippen MR) is 79.2 cm³/mol. The van der Waals surface area contributed by atoms with Gasteiger partial charge in [-0.1, -0.05) is 32.0 Å². The van der Waals surface area contributed by atoms with Crippen LogP contribution in [-0.2, 0) is 6.42 Å². The van der Waals surface area contributed by atoms with E-state index in [4.69, 9.17) is 9.15 Å². The SMILES string of the molecule is CCNC(c1ccc(CC)o1)C1COc2ccccc21. The molecule has 20 heavy (non-hydrogen) atoms. The summed E-state index contributed by atoms with van der Waals surface area (Å²) in [5, 5.41) is 3.55. The van der Waals surface area contributed by atoms with Crippen molar-refractivity contribution < 1.29 is 9.15 Å². The second-order valence-corrected chi connectivity index (χ2v) is 5.15. The van der Waals surface area contributed by atoms with Crippen LogP contribution in [0.5, 0.6) is 5.75 Å². The summed E-state index contributed by atoms with van der Waals surface area (Å²) in [6.45, 7) is 5.85. The first-order valence-corrected chi connectivity index (χ1v) is 7.37. The third-order valence-corrected chi connectivity index (χ3v) is 3.90. The Balaban J connectivity index is 1.92. The number of rotatable bonds is 5. The van der Waals surface area contributed by atoms with E-state index in [0.29, 0.717) is 12.5 Å². The summed E-state index contributed by atoms with van der Waals surface area (Å²) >= 11 is 0. The van der Waals surface area contributed by atoms with Crippen molar-refractivity contribution in [2.45, 2.75) is 32.2 Å². The molecule has 2 unspecified atom stereocenters. The lowest BCUT2D eigenvalue weighted by atomic mass is 9.91. The third-order valence-electron chi connectivity index (χ3n) is 3.90. The van der Waals surface area contributed by atoms with Crippen LogP contribution in [0.25, 0.3) is 0 Å². The Morgan fingerprint density at radius 3 is 2.80 bits per heavy atom. The molecule has 1 aliphatic rings. The zero-order valence-corrected chi connectivity index (χ0v) is 12.1. The molecule has 0 saturated carbocycles. The number of nitrogens with one attached hydrogen (secondary N) is 1. The summed E-state index contributed by atoms with van der Waals surface area (Å²) in [6, 6.07) is 12.6. The first-order chi connectivity index (χ1) is 9.83. The standard InChI is InChI=1S/C17H21NO2/c1-3-12-9-10-16(20-12)17(18-4-2)14-11-19-15-8-6-5-7-13(14)15/h5-10,14,17-18H,3-4,11H2,1-2H3. The summed E-state index contributed by atoms with van der Waals surface area (Å²) in [4.78, 5) is 0. The molecular weight excluding hydrogens is 250 g/mol. The minimum atomic E-state index is 0.170. The monoisotopic (exact) mass is 271 g/mol. The Hall–Kier alpha value is -1.74. The average molecular weight is 271 g/mol. The highest BCUT2D eigenvalue weighted by Crippen LogP contribution is 2.41. The van der Waals surface area contributed by atoms with Crippen molar-refractivity contribution >= 4 is 0 Å². The van der Waals surface area contributed by atoms with E-state index >= 15 is 0 Å². The van der Waals surface area contributed by atoms with Gasteiger partial charge in [-0.3, -0.25) is 0 Å². The molecule has 0 amide bonds. The van der Waals surface area contributed by atoms with Crippen molar-refractivity contribution in [3.63, 3.8) is 0 Å². The molecule has 0 aliphatic carbocycles. The van der Waals surface area contributed by atoms with Crippen LogP contribution in [0.3, 0.4) is 0 Å². The van der Waals surface area contributed by atoms with Gasteiger partial charge in [0, 0.05) is 17.9 Å². The van der Waals surface area contributed by atoms with Crippen molar-refractivity contribution in [1.29, 1.82) is 0 Å². The molecule has 106 valence electrons. The average Bonchev–Trinajstić information content (AvgIpc) is 3.12. The number of hydrogen-bond donors (Lipinski definition) is 1. The highest BCUT2D eigenvalue weighted by Gasteiger charge is 2.33. The molecule has 0 radical (unpaired) electrons. The van der Waals surface area contributed by atoms with Crippen molar-refractivity contribution in [3.05, 3.63) is 53.5 Å². The molecule has 0 fully saturated rings. The highest BCUT2D eigenvalue weighted by atomic mass is 16.5. The van der Waals surface area contributed by atoms with Crippen molar-refractivity contribution in [2.75, 3.05) is 13.2 Å². The van der Waals surface area contributed by atoms with Gasteiger partial charge in [-0.05, 0) is 24.7 Å². The van der Waals surface area contributed by atoms with Crippen LogP contribution in [-0.4, -0.2) is 13.2 Å². The number of fused-ring (bicyclic) bond motifs is 1. The van der Waals surface area contributed by atoms with E-state index in [1.165, 1.54) is 5.56 Å². The van der Waals surface area contributed by atoms with E-state index in [2.05, 4.69) is 43.4 Å². The van der Waals surface area contributed by atoms with Gasteiger partial charge in [0.25, 0.3) is 0 Å². The topological polar surface area (TPSA) is 34.4 Å². The largest absolute Gasteiger partial charge is 0.493 e. The summed E-state index contributed by atoms with van der Waals surface area (Å²) < 4.78 is 11.8. The van der Waals surface area contributed by atoms with E-state index in [-0.39, 0.29) is 6.04 Å². The van der Waals surface area contributed by atoms with Gasteiger partial charge in [-0.25, -0.2) is 0 Å². The molecule has 3 nitrogen and oxygen atoms in total. The third kappa shape index (κ3) is 2.34. The maximum Gasteiger partial charge on any atom is 0.122 e. The van der Waals surface area contributed by atoms with Crippen LogP contribution in [0.4, 0.5) is 0 Å². The molecule has 1 aliphatic heterocycles. The fourth-order valence-corrected chi connectivity index (χ4v) is 2.88. The second kappa shape index (κ2) is 5.71. The Kier molecular flexibility index (Phi) is 3.79. The minimum Gasteiger partial charge on any atom is -0.493 e. The highest BCUT2D eigenvalue weighted by molar-refractivity contribution is 5.41. The van der Waals surface area contributed by atoms with E-state index in [1.54, 1.807) is 0 Å². The van der Waals surface area contributed by atoms with Gasteiger partial charge >= 0.3 is 0 Å². The smallest absolute Gasteiger partial charge is 0.122 e. The number of para-hydroxylation sites is 1. The molecule has 2 aromatic rings. The Morgan fingerprint density at radius 2 is 2.05 bits per heavy atom. The van der Waals surface area contributed by atoms with Crippen molar-refractivity contribution in [3.8, 4) is 5.75 Å². The molecule has 3 rings (SSSR count). The second-order valence-electron chi connectivity index (χ2n) is 5.15. The molecule has 0 bridgehead atoms. The number of benzene rings is 1. The van der Waals surface area contributed by atoms with E-state index in [0.717, 1.165) is 30.2 Å². The predicted octanol–water partition coefficient (Wildman–Crippen LogP) is 3.67. The van der Waals surface area contributed by atoms with Gasteiger partial charge in [0.05, 0.1) is 12.6 Å². The number of hydrogen-bond acceptors (Lipinski definition) is 3. The number of likely N-dealkylation sites (N-methyl/N-ethyl adjacent to an activating group) is 1. The number of aryl methyl sites for hydroxylation is 1. The summed E-state index contributed by atoms with van der Waals surface area (Å²) in [5.74, 6) is 3.36. The lowest BCUT2D eigenvalue weighted by Crippen LogP contribution is -2.27. The van der Waals surface area contributed by atoms with Crippen LogP contribution in [0.15, 0.2) is 40.8 Å². The Labute approximate surface area is 119 Å². The lowest BCUT2D eigenvalue weighted by Gasteiger charge is -2.21. The summed E-state index contributed by atoms with van der Waals surface area (Å²) in [5.41, 5.74) is 1.27. The number of ether oxygens (including phenoxy) is 1. The molecule has 0 spiro atoms. The summed E-state index contributed by atoms with van der Waals surface area (Å²) in [6.07, 6.45) is 0.927. The van der Waals surface area contributed by atoms with E-state index in [9.17, 15) is 0 Å². The molecule has 3 heteroatoms. The Morgan fingerprint density at radius 1 is 1.20 bits per heavy atom. The maximum absolute atomic E-state index is 5.96. The molecule has 1 aromatic heterocycles. The van der Waals surface area contributed by atoms with E-state index < -0.39 is 0 Å². The fourth-order valence-electron chi connectivity index (χ4n) is 2.88. The van der Waals surface area contributed by atoms with Gasteiger partial charge in [0.15, 0.2) is 0 Å². The van der Waals surface area contributed by atoms with Gasteiger partial charge in [0.1, 0.15) is 17.3 Å². The van der Waals surface area contributed by atoms with Crippen molar-refractivity contribution in [2.24, 2.45) is 0 Å². The number of furan rings is 1. The molecular formula is C17H21NO2. The molecule has 0 saturated heterocycles. The maximum atomic E-state index is 5.96. The van der Waals surface area contributed by atoms with Crippen LogP contribution < -0.4 is 10.1 Å². The quantitative estimate of drug-likeness (QED) is 0.901. The van der Waals surface area contributed by atoms with Gasteiger partial charge in [-0.2, -0.15) is 0 Å². The zero-order valence-electron chi connectivity index (χ0n) is 12.1. The molecule has 2 heterocycles. The zero-order chi connectivity index (χ0) is 13.9. The van der Waals surface area contributed by atoms with Gasteiger partial charge in [0.2, 0.25) is 0 Å². The van der Waals surface area contributed by atoms with Gasteiger partial charge in [-0.15, -0.1) is 0 Å². The van der Waals surface area contributed by atoms with Crippen LogP contribution in [0.2, 0.25) is 0 Å².